The molecule has 4 heteroatoms. The summed E-state index contributed by atoms with van der Waals surface area (Å²) in [5.41, 5.74) is 1.06. The molecule has 0 aromatic heterocycles. The summed E-state index contributed by atoms with van der Waals surface area (Å²) in [5, 5.41) is 11.1. The summed E-state index contributed by atoms with van der Waals surface area (Å²) in [6.45, 7) is 2.76. The first-order chi connectivity index (χ1) is 9.22. The fourth-order valence-electron chi connectivity index (χ4n) is 3.11. The third-order valence-corrected chi connectivity index (χ3v) is 4.41. The Morgan fingerprint density at radius 1 is 1.47 bits per heavy atom. The maximum Gasteiger partial charge on any atom is 0.0964 e. The minimum Gasteiger partial charge on any atom is -0.390 e. The Labute approximate surface area is 119 Å². The Morgan fingerprint density at radius 2 is 2.37 bits per heavy atom. The van der Waals surface area contributed by atoms with Gasteiger partial charge in [-0.05, 0) is 37.1 Å². The van der Waals surface area contributed by atoms with Gasteiger partial charge >= 0.3 is 0 Å². The van der Waals surface area contributed by atoms with Crippen LogP contribution < -0.4 is 0 Å². The van der Waals surface area contributed by atoms with E-state index in [2.05, 4.69) is 4.90 Å². The van der Waals surface area contributed by atoms with E-state index in [4.69, 9.17) is 16.3 Å². The smallest absolute Gasteiger partial charge is 0.0964 e. The first-order valence-electron chi connectivity index (χ1n) is 7.00. The summed E-state index contributed by atoms with van der Waals surface area (Å²) in [6.07, 6.45) is 2.56. The Morgan fingerprint density at radius 3 is 3.21 bits per heavy atom. The highest BCUT2D eigenvalue weighted by Gasteiger charge is 2.35. The molecular weight excluding hydrogens is 262 g/mol. The van der Waals surface area contributed by atoms with Gasteiger partial charge in [-0.15, -0.1) is 0 Å². The van der Waals surface area contributed by atoms with Crippen LogP contribution in [0.1, 0.15) is 18.4 Å². The number of benzene rings is 1. The number of hydrogen-bond donors (Lipinski definition) is 1. The lowest BCUT2D eigenvalue weighted by Gasteiger charge is -2.37. The molecular formula is C15H20ClNO2. The van der Waals surface area contributed by atoms with E-state index in [1.807, 2.05) is 24.3 Å². The summed E-state index contributed by atoms with van der Waals surface area (Å²) >= 11 is 5.97. The maximum atomic E-state index is 10.3. The molecule has 0 radical (unpaired) electrons. The molecule has 2 aliphatic rings. The van der Waals surface area contributed by atoms with Crippen LogP contribution in [-0.2, 0) is 11.2 Å². The van der Waals surface area contributed by atoms with Crippen LogP contribution in [0.15, 0.2) is 24.3 Å². The van der Waals surface area contributed by atoms with Crippen molar-refractivity contribution in [2.75, 3.05) is 19.7 Å². The van der Waals surface area contributed by atoms with Gasteiger partial charge in [-0.25, -0.2) is 0 Å². The molecule has 2 aliphatic heterocycles. The zero-order valence-corrected chi connectivity index (χ0v) is 11.7. The van der Waals surface area contributed by atoms with Crippen LogP contribution >= 0.6 is 11.6 Å². The van der Waals surface area contributed by atoms with E-state index < -0.39 is 6.10 Å². The first kappa shape index (κ1) is 13.4. The molecule has 3 nitrogen and oxygen atoms in total. The summed E-state index contributed by atoms with van der Waals surface area (Å²) in [7, 11) is 0. The molecule has 0 aliphatic carbocycles. The molecule has 1 aromatic carbocycles. The van der Waals surface area contributed by atoms with Crippen molar-refractivity contribution in [2.24, 2.45) is 0 Å². The van der Waals surface area contributed by atoms with Gasteiger partial charge in [-0.3, -0.25) is 4.90 Å². The fraction of sp³-hybridized carbons (Fsp3) is 0.600. The molecule has 19 heavy (non-hydrogen) atoms. The minimum absolute atomic E-state index is 0.0756. The second-order valence-electron chi connectivity index (χ2n) is 5.56. The highest BCUT2D eigenvalue weighted by Crippen LogP contribution is 2.24. The van der Waals surface area contributed by atoms with Gasteiger partial charge in [-0.1, -0.05) is 23.7 Å². The molecule has 2 heterocycles. The van der Waals surface area contributed by atoms with Crippen molar-refractivity contribution in [3.8, 4) is 0 Å². The Hall–Kier alpha value is -0.610. The predicted molar refractivity (Wildman–Crippen MR) is 75.5 cm³/mol. The number of ether oxygens (including phenoxy) is 1. The van der Waals surface area contributed by atoms with Crippen LogP contribution in [0.3, 0.4) is 0 Å². The number of nitrogens with zero attached hydrogens (tertiary/aromatic N) is 1. The first-order valence-corrected chi connectivity index (χ1v) is 7.38. The van der Waals surface area contributed by atoms with Crippen LogP contribution in [0.25, 0.3) is 0 Å². The van der Waals surface area contributed by atoms with Crippen molar-refractivity contribution in [3.05, 3.63) is 34.9 Å². The second-order valence-corrected chi connectivity index (χ2v) is 6.00. The number of morpholine rings is 1. The summed E-state index contributed by atoms with van der Waals surface area (Å²) in [6, 6.07) is 8.25. The van der Waals surface area contributed by atoms with Crippen molar-refractivity contribution < 1.29 is 9.84 Å². The Bertz CT molecular complexity index is 440. The molecule has 2 fully saturated rings. The van der Waals surface area contributed by atoms with Gasteiger partial charge in [0.1, 0.15) is 0 Å². The molecule has 0 bridgehead atoms. The van der Waals surface area contributed by atoms with E-state index in [1.165, 1.54) is 12.8 Å². The van der Waals surface area contributed by atoms with Gasteiger partial charge in [0.05, 0.1) is 18.8 Å². The lowest BCUT2D eigenvalue weighted by Crippen LogP contribution is -2.50. The molecule has 3 atom stereocenters. The Kier molecular flexibility index (Phi) is 4.08. The highest BCUT2D eigenvalue weighted by atomic mass is 35.5. The van der Waals surface area contributed by atoms with Crippen molar-refractivity contribution in [3.63, 3.8) is 0 Å². The maximum absolute atomic E-state index is 10.3. The molecule has 1 aromatic rings. The van der Waals surface area contributed by atoms with Crippen LogP contribution in [0.2, 0.25) is 5.02 Å². The number of aliphatic hydroxyl groups is 1. The van der Waals surface area contributed by atoms with E-state index >= 15 is 0 Å². The summed E-state index contributed by atoms with van der Waals surface area (Å²) < 4.78 is 5.83. The third kappa shape index (κ3) is 3.11. The molecule has 3 rings (SSSR count). The van der Waals surface area contributed by atoms with Gasteiger partial charge < -0.3 is 9.84 Å². The normalized spacial score (nSPS) is 29.2. The van der Waals surface area contributed by atoms with Gasteiger partial charge in [0.25, 0.3) is 0 Å². The van der Waals surface area contributed by atoms with Crippen LogP contribution in [0.4, 0.5) is 0 Å². The molecule has 0 amide bonds. The van der Waals surface area contributed by atoms with Gasteiger partial charge in [-0.2, -0.15) is 0 Å². The monoisotopic (exact) mass is 281 g/mol. The SMILES string of the molecule is OC(Cc1cccc(Cl)c1)C1CN2CCCC2CO1. The predicted octanol–water partition coefficient (Wildman–Crippen LogP) is 2.11. The van der Waals surface area contributed by atoms with Gasteiger partial charge in [0.15, 0.2) is 0 Å². The molecule has 1 N–H and O–H groups in total. The average Bonchev–Trinajstić information content (AvgIpc) is 2.85. The van der Waals surface area contributed by atoms with Crippen molar-refractivity contribution in [1.29, 1.82) is 0 Å². The Balaban J connectivity index is 1.59. The number of halogens is 1. The van der Waals surface area contributed by atoms with Crippen LogP contribution in [0, 0.1) is 0 Å². The van der Waals surface area contributed by atoms with E-state index in [-0.39, 0.29) is 6.10 Å². The standard InChI is InChI=1S/C15H20ClNO2/c16-12-4-1-3-11(7-12)8-14(18)15-9-17-6-2-5-13(17)10-19-15/h1,3-4,7,13-15,18H,2,5-6,8-10H2. The van der Waals surface area contributed by atoms with Crippen molar-refractivity contribution in [1.82, 2.24) is 4.90 Å². The number of fused-ring (bicyclic) bond motifs is 1. The molecule has 104 valence electrons. The second kappa shape index (κ2) is 5.80. The lowest BCUT2D eigenvalue weighted by molar-refractivity contribution is -0.101. The number of rotatable bonds is 3. The number of aliphatic hydroxyl groups excluding tert-OH is 1. The van der Waals surface area contributed by atoms with Gasteiger partial charge in [0.2, 0.25) is 0 Å². The van der Waals surface area contributed by atoms with Gasteiger partial charge in [0, 0.05) is 24.0 Å². The third-order valence-electron chi connectivity index (χ3n) is 4.18. The van der Waals surface area contributed by atoms with Crippen LogP contribution in [0.5, 0.6) is 0 Å². The minimum atomic E-state index is -0.458. The molecule has 3 unspecified atom stereocenters. The van der Waals surface area contributed by atoms with Crippen molar-refractivity contribution >= 4 is 11.6 Å². The van der Waals surface area contributed by atoms with E-state index in [1.54, 1.807) is 0 Å². The summed E-state index contributed by atoms with van der Waals surface area (Å²) in [5.74, 6) is 0. The topological polar surface area (TPSA) is 32.7 Å². The quantitative estimate of drug-likeness (QED) is 0.921. The zero-order valence-electron chi connectivity index (χ0n) is 11.0. The zero-order chi connectivity index (χ0) is 13.2. The van der Waals surface area contributed by atoms with E-state index in [9.17, 15) is 5.11 Å². The average molecular weight is 282 g/mol. The summed E-state index contributed by atoms with van der Waals surface area (Å²) in [4.78, 5) is 2.45. The number of hydrogen-bond acceptors (Lipinski definition) is 3. The van der Waals surface area contributed by atoms with Crippen LogP contribution in [-0.4, -0.2) is 48.0 Å². The highest BCUT2D eigenvalue weighted by molar-refractivity contribution is 6.30. The van der Waals surface area contributed by atoms with E-state index in [0.717, 1.165) is 25.3 Å². The molecule has 2 saturated heterocycles. The van der Waals surface area contributed by atoms with E-state index in [0.29, 0.717) is 17.5 Å². The molecule has 0 spiro atoms. The molecule has 0 saturated carbocycles. The van der Waals surface area contributed by atoms with Crippen molar-refractivity contribution in [2.45, 2.75) is 37.5 Å². The largest absolute Gasteiger partial charge is 0.390 e. The lowest BCUT2D eigenvalue weighted by atomic mass is 10.0. The fourth-order valence-corrected chi connectivity index (χ4v) is 3.33.